The second kappa shape index (κ2) is 6.42. The van der Waals surface area contributed by atoms with E-state index in [2.05, 4.69) is 71.1 Å². The van der Waals surface area contributed by atoms with E-state index in [1.807, 2.05) is 0 Å². The Labute approximate surface area is 131 Å². The summed E-state index contributed by atoms with van der Waals surface area (Å²) in [5, 5.41) is 3.82. The summed E-state index contributed by atoms with van der Waals surface area (Å²) >= 11 is 0. The Morgan fingerprint density at radius 2 is 1.67 bits per heavy atom. The zero-order valence-electron chi connectivity index (χ0n) is 14.7. The molecule has 1 N–H and O–H groups in total. The Kier molecular flexibility index (Phi) is 5.01. The van der Waals surface area contributed by atoms with Gasteiger partial charge in [-0.25, -0.2) is 0 Å². The molecule has 3 unspecified atom stereocenters. The highest BCUT2D eigenvalue weighted by Crippen LogP contribution is 2.35. The second-order valence-corrected chi connectivity index (χ2v) is 8.40. The van der Waals surface area contributed by atoms with E-state index in [4.69, 9.17) is 0 Å². The first kappa shape index (κ1) is 16.4. The van der Waals surface area contributed by atoms with Crippen molar-refractivity contribution in [2.45, 2.75) is 72.3 Å². The van der Waals surface area contributed by atoms with E-state index in [1.165, 1.54) is 30.5 Å². The minimum absolute atomic E-state index is 0.234. The van der Waals surface area contributed by atoms with E-state index in [9.17, 15) is 0 Å². The van der Waals surface area contributed by atoms with Gasteiger partial charge in [0.1, 0.15) is 0 Å². The Morgan fingerprint density at radius 3 is 2.19 bits per heavy atom. The Bertz CT molecular complexity index is 438. The van der Waals surface area contributed by atoms with Gasteiger partial charge < -0.3 is 5.32 Å². The number of hydrogen-bond acceptors (Lipinski definition) is 1. The van der Waals surface area contributed by atoms with Gasteiger partial charge in [-0.1, -0.05) is 60.1 Å². The van der Waals surface area contributed by atoms with Gasteiger partial charge in [-0.15, -0.1) is 0 Å². The van der Waals surface area contributed by atoms with E-state index in [0.717, 1.165) is 17.8 Å². The van der Waals surface area contributed by atoms with Gasteiger partial charge in [-0.2, -0.15) is 0 Å². The molecule has 118 valence electrons. The van der Waals surface area contributed by atoms with Crippen molar-refractivity contribution in [3.63, 3.8) is 0 Å². The van der Waals surface area contributed by atoms with E-state index in [0.29, 0.717) is 6.04 Å². The quantitative estimate of drug-likeness (QED) is 0.734. The standard InChI is InChI=1S/C20H33N/c1-14(2)18-12-7-15(3)13-19(18)21-17-10-8-16(9-11-17)20(4,5)6/h8-11,14-15,18-19,21H,7,12-13H2,1-6H3. The van der Waals surface area contributed by atoms with E-state index in [1.54, 1.807) is 0 Å². The smallest absolute Gasteiger partial charge is 0.0342 e. The summed E-state index contributed by atoms with van der Waals surface area (Å²) in [6.45, 7) is 14.0. The maximum Gasteiger partial charge on any atom is 0.0342 e. The minimum Gasteiger partial charge on any atom is -0.382 e. The number of hydrogen-bond donors (Lipinski definition) is 1. The van der Waals surface area contributed by atoms with Crippen molar-refractivity contribution in [3.05, 3.63) is 29.8 Å². The maximum atomic E-state index is 3.82. The molecule has 0 heterocycles. The van der Waals surface area contributed by atoms with Crippen molar-refractivity contribution in [3.8, 4) is 0 Å². The molecule has 21 heavy (non-hydrogen) atoms. The normalized spacial score (nSPS) is 26.9. The average Bonchev–Trinajstić information content (AvgIpc) is 2.38. The molecule has 1 aromatic carbocycles. The van der Waals surface area contributed by atoms with E-state index >= 15 is 0 Å². The molecule has 0 bridgehead atoms. The summed E-state index contributed by atoms with van der Waals surface area (Å²) < 4.78 is 0. The molecule has 1 heteroatoms. The lowest BCUT2D eigenvalue weighted by Gasteiger charge is -2.38. The SMILES string of the molecule is CC1CCC(C(C)C)C(Nc2ccc(C(C)(C)C)cc2)C1. The van der Waals surface area contributed by atoms with Crippen LogP contribution in [0.25, 0.3) is 0 Å². The Hall–Kier alpha value is -0.980. The zero-order chi connectivity index (χ0) is 15.6. The predicted molar refractivity (Wildman–Crippen MR) is 93.9 cm³/mol. The number of anilines is 1. The minimum atomic E-state index is 0.234. The van der Waals surface area contributed by atoms with Crippen LogP contribution in [0, 0.1) is 17.8 Å². The fourth-order valence-corrected chi connectivity index (χ4v) is 3.65. The van der Waals surface area contributed by atoms with Crippen LogP contribution in [0.5, 0.6) is 0 Å². The van der Waals surface area contributed by atoms with Crippen LogP contribution in [-0.2, 0) is 5.41 Å². The number of nitrogens with one attached hydrogen (secondary N) is 1. The first-order chi connectivity index (χ1) is 9.77. The summed E-state index contributed by atoms with van der Waals surface area (Å²) in [6.07, 6.45) is 4.07. The van der Waals surface area contributed by atoms with Crippen molar-refractivity contribution in [1.29, 1.82) is 0 Å². The lowest BCUT2D eigenvalue weighted by Crippen LogP contribution is -2.37. The van der Waals surface area contributed by atoms with Gasteiger partial charge in [-0.05, 0) is 53.7 Å². The van der Waals surface area contributed by atoms with Gasteiger partial charge in [-0.3, -0.25) is 0 Å². The highest BCUT2D eigenvalue weighted by Gasteiger charge is 2.30. The topological polar surface area (TPSA) is 12.0 Å². The maximum absolute atomic E-state index is 3.82. The fourth-order valence-electron chi connectivity index (χ4n) is 3.65. The highest BCUT2D eigenvalue weighted by atomic mass is 14.9. The van der Waals surface area contributed by atoms with Gasteiger partial charge in [0.2, 0.25) is 0 Å². The largest absolute Gasteiger partial charge is 0.382 e. The molecule has 1 nitrogen and oxygen atoms in total. The molecule has 0 amide bonds. The van der Waals surface area contributed by atoms with Crippen molar-refractivity contribution in [2.24, 2.45) is 17.8 Å². The van der Waals surface area contributed by atoms with Crippen LogP contribution in [0.3, 0.4) is 0 Å². The first-order valence-corrected chi connectivity index (χ1v) is 8.64. The highest BCUT2D eigenvalue weighted by molar-refractivity contribution is 5.46. The van der Waals surface area contributed by atoms with Crippen molar-refractivity contribution in [1.82, 2.24) is 0 Å². The van der Waals surface area contributed by atoms with Crippen LogP contribution in [0.15, 0.2) is 24.3 Å². The molecule has 1 aromatic rings. The molecule has 0 spiro atoms. The molecule has 0 aromatic heterocycles. The third-order valence-electron chi connectivity index (χ3n) is 5.13. The van der Waals surface area contributed by atoms with Gasteiger partial charge in [0.15, 0.2) is 0 Å². The molecule has 1 aliphatic rings. The van der Waals surface area contributed by atoms with E-state index in [-0.39, 0.29) is 5.41 Å². The summed E-state index contributed by atoms with van der Waals surface area (Å²) in [6, 6.07) is 9.71. The zero-order valence-corrected chi connectivity index (χ0v) is 14.7. The molecule has 1 fully saturated rings. The van der Waals surface area contributed by atoms with Crippen LogP contribution in [0.2, 0.25) is 0 Å². The average molecular weight is 287 g/mol. The molecular weight excluding hydrogens is 254 g/mol. The molecule has 0 saturated heterocycles. The third kappa shape index (κ3) is 4.25. The molecule has 1 aliphatic carbocycles. The summed E-state index contributed by atoms with van der Waals surface area (Å²) in [4.78, 5) is 0. The van der Waals surface area contributed by atoms with Crippen molar-refractivity contribution in [2.75, 3.05) is 5.32 Å². The lowest BCUT2D eigenvalue weighted by molar-refractivity contribution is 0.212. The van der Waals surface area contributed by atoms with Crippen LogP contribution < -0.4 is 5.32 Å². The second-order valence-electron chi connectivity index (χ2n) is 8.40. The molecule has 1 saturated carbocycles. The van der Waals surface area contributed by atoms with Gasteiger partial charge in [0.05, 0.1) is 0 Å². The van der Waals surface area contributed by atoms with Crippen LogP contribution in [0.1, 0.15) is 66.4 Å². The summed E-state index contributed by atoms with van der Waals surface area (Å²) in [5.41, 5.74) is 2.93. The van der Waals surface area contributed by atoms with Crippen molar-refractivity contribution >= 4 is 5.69 Å². The first-order valence-electron chi connectivity index (χ1n) is 8.64. The van der Waals surface area contributed by atoms with Crippen LogP contribution in [0.4, 0.5) is 5.69 Å². The Morgan fingerprint density at radius 1 is 1.05 bits per heavy atom. The van der Waals surface area contributed by atoms with Gasteiger partial charge in [0, 0.05) is 11.7 Å². The summed E-state index contributed by atoms with van der Waals surface area (Å²) in [7, 11) is 0. The number of benzene rings is 1. The molecular formula is C20H33N. The van der Waals surface area contributed by atoms with Crippen LogP contribution in [-0.4, -0.2) is 6.04 Å². The lowest BCUT2D eigenvalue weighted by atomic mass is 9.74. The Balaban J connectivity index is 2.08. The van der Waals surface area contributed by atoms with Gasteiger partial charge >= 0.3 is 0 Å². The third-order valence-corrected chi connectivity index (χ3v) is 5.13. The monoisotopic (exact) mass is 287 g/mol. The summed E-state index contributed by atoms with van der Waals surface area (Å²) in [5.74, 6) is 2.43. The van der Waals surface area contributed by atoms with Gasteiger partial charge in [0.25, 0.3) is 0 Å². The molecule has 2 rings (SSSR count). The van der Waals surface area contributed by atoms with Crippen LogP contribution >= 0.6 is 0 Å². The molecule has 0 radical (unpaired) electrons. The predicted octanol–water partition coefficient (Wildman–Crippen LogP) is 5.86. The molecule has 3 atom stereocenters. The van der Waals surface area contributed by atoms with E-state index < -0.39 is 0 Å². The molecule has 0 aliphatic heterocycles. The fraction of sp³-hybridized carbons (Fsp3) is 0.700. The number of rotatable bonds is 3. The van der Waals surface area contributed by atoms with Crippen molar-refractivity contribution < 1.29 is 0 Å².